The number of likely N-dealkylation sites (tertiary alicyclic amines) is 1. The molecule has 0 N–H and O–H groups in total. The standard InChI is InChI=1S/C14H14N2O2/c1-16-12(17)10-14(13(16)18,8-5-9-15)11-6-3-2-4-7-11/h2-4,6-7H,5,8,10H2,1H3/t14-/m0/s1. The SMILES string of the molecule is CN1C(=O)C[C@@](CCC#N)(c2ccccc2)C1=O. The molecule has 92 valence electrons. The van der Waals surface area contributed by atoms with Crippen LogP contribution in [0.25, 0.3) is 0 Å². The Morgan fingerprint density at radius 1 is 1.33 bits per heavy atom. The van der Waals surface area contributed by atoms with Gasteiger partial charge in [0.05, 0.1) is 11.5 Å². The fourth-order valence-electron chi connectivity index (χ4n) is 2.48. The van der Waals surface area contributed by atoms with Crippen molar-refractivity contribution in [2.75, 3.05) is 7.05 Å². The van der Waals surface area contributed by atoms with Crippen LogP contribution >= 0.6 is 0 Å². The minimum atomic E-state index is -0.844. The molecule has 1 heterocycles. The van der Waals surface area contributed by atoms with Crippen molar-refractivity contribution >= 4 is 11.8 Å². The van der Waals surface area contributed by atoms with Crippen molar-refractivity contribution in [2.24, 2.45) is 0 Å². The average Bonchev–Trinajstić information content (AvgIpc) is 2.63. The van der Waals surface area contributed by atoms with Crippen LogP contribution in [0.1, 0.15) is 24.8 Å². The number of hydrogen-bond donors (Lipinski definition) is 0. The number of nitriles is 1. The van der Waals surface area contributed by atoms with Crippen LogP contribution in [0.5, 0.6) is 0 Å². The predicted octanol–water partition coefficient (Wildman–Crippen LogP) is 1.62. The van der Waals surface area contributed by atoms with Gasteiger partial charge in [-0.3, -0.25) is 14.5 Å². The van der Waals surface area contributed by atoms with E-state index in [9.17, 15) is 9.59 Å². The second kappa shape index (κ2) is 4.61. The normalized spacial score (nSPS) is 23.2. The van der Waals surface area contributed by atoms with Gasteiger partial charge >= 0.3 is 0 Å². The highest BCUT2D eigenvalue weighted by atomic mass is 16.2. The van der Waals surface area contributed by atoms with Gasteiger partial charge in [-0.2, -0.15) is 5.26 Å². The Morgan fingerprint density at radius 2 is 2.00 bits per heavy atom. The minimum Gasteiger partial charge on any atom is -0.285 e. The van der Waals surface area contributed by atoms with Crippen LogP contribution in [0.15, 0.2) is 30.3 Å². The van der Waals surface area contributed by atoms with E-state index in [0.29, 0.717) is 6.42 Å². The summed E-state index contributed by atoms with van der Waals surface area (Å²) in [6.45, 7) is 0. The van der Waals surface area contributed by atoms with E-state index < -0.39 is 5.41 Å². The summed E-state index contributed by atoms with van der Waals surface area (Å²) in [4.78, 5) is 25.3. The molecule has 1 aromatic carbocycles. The topological polar surface area (TPSA) is 61.2 Å². The van der Waals surface area contributed by atoms with Gasteiger partial charge in [0.15, 0.2) is 0 Å². The van der Waals surface area contributed by atoms with Crippen molar-refractivity contribution < 1.29 is 9.59 Å². The summed E-state index contributed by atoms with van der Waals surface area (Å²) in [5.74, 6) is -0.379. The number of carbonyl (C=O) groups is 2. The van der Waals surface area contributed by atoms with E-state index in [1.54, 1.807) is 0 Å². The Kier molecular flexibility index (Phi) is 3.15. The molecule has 2 rings (SSSR count). The second-order valence-electron chi connectivity index (χ2n) is 4.54. The Labute approximate surface area is 106 Å². The molecule has 2 amide bonds. The van der Waals surface area contributed by atoms with Crippen molar-refractivity contribution in [1.82, 2.24) is 4.90 Å². The fraction of sp³-hybridized carbons (Fsp3) is 0.357. The zero-order valence-corrected chi connectivity index (χ0v) is 10.2. The van der Waals surface area contributed by atoms with Crippen molar-refractivity contribution in [3.05, 3.63) is 35.9 Å². The monoisotopic (exact) mass is 242 g/mol. The van der Waals surface area contributed by atoms with Crippen LogP contribution in [0.2, 0.25) is 0 Å². The van der Waals surface area contributed by atoms with Crippen molar-refractivity contribution in [2.45, 2.75) is 24.7 Å². The third-order valence-corrected chi connectivity index (χ3v) is 3.53. The zero-order valence-electron chi connectivity index (χ0n) is 10.2. The lowest BCUT2D eigenvalue weighted by atomic mass is 9.75. The largest absolute Gasteiger partial charge is 0.285 e. The van der Waals surface area contributed by atoms with E-state index >= 15 is 0 Å². The van der Waals surface area contributed by atoms with Gasteiger partial charge in [-0.1, -0.05) is 30.3 Å². The van der Waals surface area contributed by atoms with Crippen LogP contribution in [-0.4, -0.2) is 23.8 Å². The first-order chi connectivity index (χ1) is 8.62. The highest BCUT2D eigenvalue weighted by Crippen LogP contribution is 2.39. The van der Waals surface area contributed by atoms with Gasteiger partial charge in [-0.15, -0.1) is 0 Å². The molecule has 1 aromatic rings. The number of imide groups is 1. The summed E-state index contributed by atoms with van der Waals surface area (Å²) < 4.78 is 0. The maximum atomic E-state index is 12.3. The number of likely N-dealkylation sites (N-methyl/N-ethyl adjacent to an activating group) is 1. The van der Waals surface area contributed by atoms with Gasteiger partial charge in [0.25, 0.3) is 0 Å². The van der Waals surface area contributed by atoms with Crippen molar-refractivity contribution in [3.8, 4) is 6.07 Å². The molecule has 0 aliphatic carbocycles. The highest BCUT2D eigenvalue weighted by Gasteiger charge is 2.50. The Balaban J connectivity index is 2.46. The molecule has 0 aromatic heterocycles. The van der Waals surface area contributed by atoms with Crippen LogP contribution in [0.3, 0.4) is 0 Å². The molecule has 18 heavy (non-hydrogen) atoms. The van der Waals surface area contributed by atoms with Crippen molar-refractivity contribution in [3.63, 3.8) is 0 Å². The molecule has 0 bridgehead atoms. The highest BCUT2D eigenvalue weighted by molar-refractivity contribution is 6.08. The first-order valence-corrected chi connectivity index (χ1v) is 5.85. The summed E-state index contributed by atoms with van der Waals surface area (Å²) >= 11 is 0. The Hall–Kier alpha value is -2.15. The first kappa shape index (κ1) is 12.3. The Bertz CT molecular complexity index is 518. The molecule has 1 aliphatic heterocycles. The van der Waals surface area contributed by atoms with Crippen LogP contribution in [-0.2, 0) is 15.0 Å². The molecule has 1 atom stereocenters. The predicted molar refractivity (Wildman–Crippen MR) is 65.4 cm³/mol. The van der Waals surface area contributed by atoms with E-state index in [4.69, 9.17) is 5.26 Å². The summed E-state index contributed by atoms with van der Waals surface area (Å²) in [6.07, 6.45) is 0.818. The van der Waals surface area contributed by atoms with E-state index in [1.807, 2.05) is 30.3 Å². The lowest BCUT2D eigenvalue weighted by Gasteiger charge is -2.25. The molecule has 1 saturated heterocycles. The van der Waals surface area contributed by atoms with E-state index in [1.165, 1.54) is 11.9 Å². The van der Waals surface area contributed by atoms with E-state index in [-0.39, 0.29) is 24.7 Å². The lowest BCUT2D eigenvalue weighted by Crippen LogP contribution is -2.36. The zero-order chi connectivity index (χ0) is 13.2. The number of rotatable bonds is 3. The third kappa shape index (κ3) is 1.78. The molecule has 1 aliphatic rings. The van der Waals surface area contributed by atoms with E-state index in [0.717, 1.165) is 5.56 Å². The van der Waals surface area contributed by atoms with Gasteiger partial charge in [0.2, 0.25) is 11.8 Å². The third-order valence-electron chi connectivity index (χ3n) is 3.53. The molecule has 0 spiro atoms. The van der Waals surface area contributed by atoms with Gasteiger partial charge < -0.3 is 0 Å². The van der Waals surface area contributed by atoms with E-state index in [2.05, 4.69) is 6.07 Å². The first-order valence-electron chi connectivity index (χ1n) is 5.85. The van der Waals surface area contributed by atoms with Gasteiger partial charge in [0.1, 0.15) is 0 Å². The molecular weight excluding hydrogens is 228 g/mol. The second-order valence-corrected chi connectivity index (χ2v) is 4.54. The molecule has 0 saturated carbocycles. The van der Waals surface area contributed by atoms with Crippen LogP contribution < -0.4 is 0 Å². The smallest absolute Gasteiger partial charge is 0.240 e. The number of nitrogens with zero attached hydrogens (tertiary/aromatic N) is 2. The number of carbonyl (C=O) groups excluding carboxylic acids is 2. The molecule has 4 heteroatoms. The van der Waals surface area contributed by atoms with Crippen LogP contribution in [0, 0.1) is 11.3 Å². The van der Waals surface area contributed by atoms with Crippen LogP contribution in [0.4, 0.5) is 0 Å². The number of amides is 2. The van der Waals surface area contributed by atoms with Crippen molar-refractivity contribution in [1.29, 1.82) is 5.26 Å². The summed E-state index contributed by atoms with van der Waals surface area (Å²) in [5, 5.41) is 8.75. The molecular formula is C14H14N2O2. The molecule has 1 fully saturated rings. The lowest BCUT2D eigenvalue weighted by molar-refractivity contribution is -0.138. The summed E-state index contributed by atoms with van der Waals surface area (Å²) in [6, 6.07) is 11.3. The minimum absolute atomic E-state index is 0.161. The maximum Gasteiger partial charge on any atom is 0.240 e. The quantitative estimate of drug-likeness (QED) is 0.757. The van der Waals surface area contributed by atoms with Gasteiger partial charge in [-0.05, 0) is 12.0 Å². The fourth-order valence-corrected chi connectivity index (χ4v) is 2.48. The summed E-state index contributed by atoms with van der Waals surface area (Å²) in [7, 11) is 1.50. The molecule has 0 unspecified atom stereocenters. The molecule has 4 nitrogen and oxygen atoms in total. The average molecular weight is 242 g/mol. The number of benzene rings is 1. The maximum absolute atomic E-state index is 12.3. The molecule has 0 radical (unpaired) electrons. The Morgan fingerprint density at radius 3 is 2.50 bits per heavy atom. The number of hydrogen-bond acceptors (Lipinski definition) is 3. The summed E-state index contributed by atoms with van der Waals surface area (Å²) in [5.41, 5.74) is -0.0222. The van der Waals surface area contributed by atoms with Gasteiger partial charge in [0, 0.05) is 19.9 Å². The van der Waals surface area contributed by atoms with Gasteiger partial charge in [-0.25, -0.2) is 0 Å².